The summed E-state index contributed by atoms with van der Waals surface area (Å²) < 4.78 is 5.72. The molecule has 0 amide bonds. The highest BCUT2D eigenvalue weighted by atomic mass is 16.5. The van der Waals surface area contributed by atoms with Crippen molar-refractivity contribution in [3.8, 4) is 0 Å². The third kappa shape index (κ3) is 3.09. The lowest BCUT2D eigenvalue weighted by Crippen LogP contribution is -1.93. The maximum absolute atomic E-state index is 5.72. The molecule has 0 saturated carbocycles. The van der Waals surface area contributed by atoms with E-state index in [1.54, 1.807) is 6.20 Å². The summed E-state index contributed by atoms with van der Waals surface area (Å²) in [5.74, 6) is 0.997. The van der Waals surface area contributed by atoms with Gasteiger partial charge in [0.2, 0.25) is 0 Å². The van der Waals surface area contributed by atoms with E-state index in [4.69, 9.17) is 4.74 Å². The molecule has 0 fully saturated rings. The van der Waals surface area contributed by atoms with Crippen LogP contribution in [0.2, 0.25) is 0 Å². The first-order valence-electron chi connectivity index (χ1n) is 5.40. The van der Waals surface area contributed by atoms with E-state index in [-0.39, 0.29) is 0 Å². The Hall–Kier alpha value is -1.83. The van der Waals surface area contributed by atoms with Gasteiger partial charge in [-0.1, -0.05) is 29.9 Å². The molecule has 0 aliphatic heterocycles. The lowest BCUT2D eigenvalue weighted by molar-refractivity contribution is 0.194. The van der Waals surface area contributed by atoms with Crippen LogP contribution in [-0.4, -0.2) is 4.98 Å². The number of allylic oxidation sites excluding steroid dienone is 5. The van der Waals surface area contributed by atoms with E-state index >= 15 is 0 Å². The fraction of sp³-hybridized carbons (Fsp3) is 0.214. The molecule has 82 valence electrons. The van der Waals surface area contributed by atoms with Gasteiger partial charge < -0.3 is 4.74 Å². The molecule has 1 aromatic heterocycles. The molecule has 0 bridgehead atoms. The van der Waals surface area contributed by atoms with Gasteiger partial charge in [-0.05, 0) is 19.1 Å². The first-order valence-corrected chi connectivity index (χ1v) is 5.40. The molecule has 16 heavy (non-hydrogen) atoms. The lowest BCUT2D eigenvalue weighted by atomic mass is 10.3. The molecular formula is C14H15NO. The van der Waals surface area contributed by atoms with Crippen molar-refractivity contribution in [1.29, 1.82) is 0 Å². The summed E-state index contributed by atoms with van der Waals surface area (Å²) in [5.41, 5.74) is 2.34. The van der Waals surface area contributed by atoms with Gasteiger partial charge in [0.25, 0.3) is 0 Å². The van der Waals surface area contributed by atoms with Gasteiger partial charge in [-0.15, -0.1) is 0 Å². The second-order valence-corrected chi connectivity index (χ2v) is 3.80. The van der Waals surface area contributed by atoms with Gasteiger partial charge in [0, 0.05) is 24.4 Å². The molecule has 2 heteroatoms. The predicted octanol–water partition coefficient (Wildman–Crippen LogP) is 3.39. The van der Waals surface area contributed by atoms with E-state index in [2.05, 4.69) is 30.1 Å². The molecular weight excluding hydrogens is 198 g/mol. The van der Waals surface area contributed by atoms with Gasteiger partial charge in [-0.3, -0.25) is 4.98 Å². The third-order valence-corrected chi connectivity index (χ3v) is 2.38. The Morgan fingerprint density at radius 2 is 2.31 bits per heavy atom. The van der Waals surface area contributed by atoms with E-state index in [9.17, 15) is 0 Å². The minimum atomic E-state index is 0.584. The zero-order chi connectivity index (χ0) is 11.2. The zero-order valence-electron chi connectivity index (χ0n) is 9.39. The SMILES string of the molecule is CC1=CC=C(OCc2cccnc2)CC=C1. The van der Waals surface area contributed by atoms with Crippen molar-refractivity contribution < 1.29 is 4.74 Å². The summed E-state index contributed by atoms with van der Waals surface area (Å²) in [7, 11) is 0. The smallest absolute Gasteiger partial charge is 0.114 e. The normalized spacial score (nSPS) is 15.1. The Balaban J connectivity index is 1.94. The Morgan fingerprint density at radius 1 is 1.38 bits per heavy atom. The molecule has 0 aromatic carbocycles. The van der Waals surface area contributed by atoms with Crippen LogP contribution in [0.25, 0.3) is 0 Å². The average Bonchev–Trinajstić information content (AvgIpc) is 2.53. The molecule has 1 heterocycles. The van der Waals surface area contributed by atoms with Gasteiger partial charge >= 0.3 is 0 Å². The topological polar surface area (TPSA) is 22.1 Å². The second-order valence-electron chi connectivity index (χ2n) is 3.80. The van der Waals surface area contributed by atoms with Gasteiger partial charge in [0.15, 0.2) is 0 Å². The Bertz CT molecular complexity index is 429. The van der Waals surface area contributed by atoms with Crippen molar-refractivity contribution in [2.45, 2.75) is 20.0 Å². The molecule has 1 aliphatic rings. The van der Waals surface area contributed by atoms with Crippen LogP contribution in [-0.2, 0) is 11.3 Å². The fourth-order valence-corrected chi connectivity index (χ4v) is 1.48. The van der Waals surface area contributed by atoms with Crippen molar-refractivity contribution in [3.63, 3.8) is 0 Å². The Morgan fingerprint density at radius 3 is 3.12 bits per heavy atom. The number of pyridine rings is 1. The van der Waals surface area contributed by atoms with Crippen molar-refractivity contribution in [2.75, 3.05) is 0 Å². The molecule has 0 unspecified atom stereocenters. The number of aromatic nitrogens is 1. The van der Waals surface area contributed by atoms with Gasteiger partial charge in [0.1, 0.15) is 12.4 Å². The van der Waals surface area contributed by atoms with Crippen LogP contribution in [0.3, 0.4) is 0 Å². The van der Waals surface area contributed by atoms with Crippen LogP contribution >= 0.6 is 0 Å². The van der Waals surface area contributed by atoms with Crippen LogP contribution in [0.15, 0.2) is 60.2 Å². The van der Waals surface area contributed by atoms with Crippen molar-refractivity contribution in [3.05, 3.63) is 65.7 Å². The van der Waals surface area contributed by atoms with E-state index in [1.807, 2.05) is 24.4 Å². The summed E-state index contributed by atoms with van der Waals surface area (Å²) in [6.07, 6.45) is 12.8. The molecule has 1 aromatic rings. The number of hydrogen-bond acceptors (Lipinski definition) is 2. The fourth-order valence-electron chi connectivity index (χ4n) is 1.48. The van der Waals surface area contributed by atoms with E-state index < -0.39 is 0 Å². The van der Waals surface area contributed by atoms with E-state index in [0.717, 1.165) is 17.7 Å². The molecule has 0 N–H and O–H groups in total. The largest absolute Gasteiger partial charge is 0.493 e. The Kier molecular flexibility index (Phi) is 3.54. The number of hydrogen-bond donors (Lipinski definition) is 0. The Labute approximate surface area is 96.0 Å². The molecule has 0 atom stereocenters. The quantitative estimate of drug-likeness (QED) is 0.767. The molecule has 2 nitrogen and oxygen atoms in total. The highest BCUT2D eigenvalue weighted by molar-refractivity contribution is 5.27. The van der Waals surface area contributed by atoms with Crippen molar-refractivity contribution >= 4 is 0 Å². The highest BCUT2D eigenvalue weighted by Gasteiger charge is 1.99. The average molecular weight is 213 g/mol. The summed E-state index contributed by atoms with van der Waals surface area (Å²) in [5, 5.41) is 0. The maximum atomic E-state index is 5.72. The lowest BCUT2D eigenvalue weighted by Gasteiger charge is -2.07. The minimum Gasteiger partial charge on any atom is -0.493 e. The second kappa shape index (κ2) is 5.31. The van der Waals surface area contributed by atoms with Gasteiger partial charge in [-0.25, -0.2) is 0 Å². The number of ether oxygens (including phenoxy) is 1. The monoisotopic (exact) mass is 213 g/mol. The first kappa shape index (κ1) is 10.7. The number of rotatable bonds is 3. The van der Waals surface area contributed by atoms with Crippen molar-refractivity contribution in [1.82, 2.24) is 4.98 Å². The third-order valence-electron chi connectivity index (χ3n) is 2.38. The summed E-state index contributed by atoms with van der Waals surface area (Å²) in [6.45, 7) is 2.66. The van der Waals surface area contributed by atoms with Crippen LogP contribution < -0.4 is 0 Å². The predicted molar refractivity (Wildman–Crippen MR) is 64.6 cm³/mol. The van der Waals surface area contributed by atoms with E-state index in [1.165, 1.54) is 5.57 Å². The van der Waals surface area contributed by atoms with Crippen LogP contribution in [0, 0.1) is 0 Å². The maximum Gasteiger partial charge on any atom is 0.114 e. The standard InChI is InChI=1S/C14H15NO/c1-12-4-2-6-14(8-7-12)16-11-13-5-3-9-15-10-13/h2-5,7-10H,6,11H2,1H3. The summed E-state index contributed by atoms with van der Waals surface area (Å²) in [4.78, 5) is 4.05. The minimum absolute atomic E-state index is 0.584. The van der Waals surface area contributed by atoms with Gasteiger partial charge in [-0.2, -0.15) is 0 Å². The van der Waals surface area contributed by atoms with E-state index in [0.29, 0.717) is 6.61 Å². The van der Waals surface area contributed by atoms with Crippen LogP contribution in [0.1, 0.15) is 18.9 Å². The molecule has 0 radical (unpaired) electrons. The summed E-state index contributed by atoms with van der Waals surface area (Å²) in [6, 6.07) is 3.94. The molecule has 1 aliphatic carbocycles. The van der Waals surface area contributed by atoms with Crippen LogP contribution in [0.5, 0.6) is 0 Å². The van der Waals surface area contributed by atoms with Crippen molar-refractivity contribution in [2.24, 2.45) is 0 Å². The number of nitrogens with zero attached hydrogens (tertiary/aromatic N) is 1. The zero-order valence-corrected chi connectivity index (χ0v) is 9.39. The summed E-state index contributed by atoms with van der Waals surface area (Å²) >= 11 is 0. The first-order chi connectivity index (χ1) is 7.84. The van der Waals surface area contributed by atoms with Gasteiger partial charge in [0.05, 0.1) is 0 Å². The van der Waals surface area contributed by atoms with Crippen LogP contribution in [0.4, 0.5) is 0 Å². The molecule has 0 spiro atoms. The molecule has 2 rings (SSSR count). The highest BCUT2D eigenvalue weighted by Crippen LogP contribution is 2.13. The molecule has 0 saturated heterocycles.